The van der Waals surface area contributed by atoms with E-state index in [4.69, 9.17) is 15.0 Å². The number of alkyl carbamates (subject to hydrolysis) is 1. The van der Waals surface area contributed by atoms with E-state index in [0.29, 0.717) is 18.7 Å². The van der Waals surface area contributed by atoms with E-state index in [1.807, 2.05) is 63.2 Å². The summed E-state index contributed by atoms with van der Waals surface area (Å²) in [6.07, 6.45) is 0.449. The second-order valence-corrected chi connectivity index (χ2v) is 8.87. The molecular weight excluding hydrogens is 390 g/mol. The zero-order valence-electron chi connectivity index (χ0n) is 18.1. The number of carbonyl (C=O) groups excluding carboxylic acids is 1. The summed E-state index contributed by atoms with van der Waals surface area (Å²) in [4.78, 5) is 19.3. The first kappa shape index (κ1) is 20.7. The number of benzene rings is 2. The van der Waals surface area contributed by atoms with Crippen molar-refractivity contribution in [2.75, 3.05) is 18.0 Å². The van der Waals surface area contributed by atoms with Gasteiger partial charge in [0.2, 0.25) is 5.95 Å². The first-order valence-electron chi connectivity index (χ1n) is 10.5. The molecule has 0 bridgehead atoms. The molecule has 1 aromatic heterocycles. The number of nitrogens with one attached hydrogen (secondary N) is 1. The Morgan fingerprint density at radius 2 is 1.97 bits per heavy atom. The van der Waals surface area contributed by atoms with Gasteiger partial charge in [0.05, 0.1) is 35.3 Å². The Morgan fingerprint density at radius 1 is 1.23 bits per heavy atom. The predicted molar refractivity (Wildman–Crippen MR) is 120 cm³/mol. The molecule has 1 aliphatic heterocycles. The van der Waals surface area contributed by atoms with Crippen LogP contribution in [0, 0.1) is 11.3 Å². The van der Waals surface area contributed by atoms with Gasteiger partial charge >= 0.3 is 6.09 Å². The number of rotatable bonds is 4. The zero-order valence-corrected chi connectivity index (χ0v) is 18.1. The van der Waals surface area contributed by atoms with Gasteiger partial charge in [0.15, 0.2) is 0 Å². The van der Waals surface area contributed by atoms with Crippen molar-refractivity contribution >= 4 is 23.1 Å². The SMILES string of the molecule is CC(C)(C)OC(=O)N[C@@H]1CCN(c2nc3ccccc3n2Cc2ccc(C#N)cc2)C1. The highest BCUT2D eigenvalue weighted by Crippen LogP contribution is 2.27. The van der Waals surface area contributed by atoms with E-state index in [-0.39, 0.29) is 12.1 Å². The lowest BCUT2D eigenvalue weighted by Gasteiger charge is -2.22. The number of carbonyl (C=O) groups is 1. The molecule has 1 N–H and O–H groups in total. The van der Waals surface area contributed by atoms with Gasteiger partial charge in [0, 0.05) is 13.1 Å². The molecule has 3 aromatic rings. The van der Waals surface area contributed by atoms with Gasteiger partial charge in [-0.2, -0.15) is 5.26 Å². The van der Waals surface area contributed by atoms with E-state index < -0.39 is 5.60 Å². The van der Waals surface area contributed by atoms with Crippen LogP contribution in [0.4, 0.5) is 10.7 Å². The van der Waals surface area contributed by atoms with Gasteiger partial charge < -0.3 is 19.5 Å². The molecule has 1 atom stereocenters. The van der Waals surface area contributed by atoms with Crippen LogP contribution in [0.2, 0.25) is 0 Å². The fraction of sp³-hybridized carbons (Fsp3) is 0.375. The third-order valence-corrected chi connectivity index (χ3v) is 5.25. The first-order valence-corrected chi connectivity index (χ1v) is 10.5. The Morgan fingerprint density at radius 3 is 2.68 bits per heavy atom. The molecule has 1 aliphatic rings. The number of hydrogen-bond donors (Lipinski definition) is 1. The van der Waals surface area contributed by atoms with Crippen molar-refractivity contribution in [2.24, 2.45) is 0 Å². The molecule has 1 amide bonds. The van der Waals surface area contributed by atoms with Crippen LogP contribution in [0.1, 0.15) is 38.3 Å². The molecule has 160 valence electrons. The van der Waals surface area contributed by atoms with Gasteiger partial charge in [0.1, 0.15) is 5.60 Å². The molecule has 0 radical (unpaired) electrons. The molecule has 7 heteroatoms. The fourth-order valence-electron chi connectivity index (χ4n) is 3.86. The summed E-state index contributed by atoms with van der Waals surface area (Å²) in [5, 5.41) is 12.0. The third-order valence-electron chi connectivity index (χ3n) is 5.25. The molecule has 0 spiro atoms. The van der Waals surface area contributed by atoms with Crippen molar-refractivity contribution in [1.29, 1.82) is 5.26 Å². The minimum absolute atomic E-state index is 0.0121. The topological polar surface area (TPSA) is 83.2 Å². The number of anilines is 1. The fourth-order valence-corrected chi connectivity index (χ4v) is 3.86. The number of aromatic nitrogens is 2. The number of nitriles is 1. The van der Waals surface area contributed by atoms with Gasteiger partial charge in [-0.05, 0) is 57.0 Å². The van der Waals surface area contributed by atoms with Crippen molar-refractivity contribution in [3.05, 3.63) is 59.7 Å². The summed E-state index contributed by atoms with van der Waals surface area (Å²) < 4.78 is 7.60. The Bertz CT molecular complexity index is 1120. The van der Waals surface area contributed by atoms with Gasteiger partial charge in [-0.25, -0.2) is 9.78 Å². The lowest BCUT2D eigenvalue weighted by Crippen LogP contribution is -2.40. The van der Waals surface area contributed by atoms with E-state index in [1.165, 1.54) is 0 Å². The second kappa shape index (κ2) is 8.31. The normalized spacial score (nSPS) is 16.3. The highest BCUT2D eigenvalue weighted by molar-refractivity contribution is 5.79. The number of fused-ring (bicyclic) bond motifs is 1. The maximum Gasteiger partial charge on any atom is 0.407 e. The number of hydrogen-bond acceptors (Lipinski definition) is 5. The van der Waals surface area contributed by atoms with Crippen LogP contribution < -0.4 is 10.2 Å². The number of para-hydroxylation sites is 2. The number of imidazole rings is 1. The van der Waals surface area contributed by atoms with Crippen molar-refractivity contribution < 1.29 is 9.53 Å². The molecule has 31 heavy (non-hydrogen) atoms. The van der Waals surface area contributed by atoms with Crippen LogP contribution in [-0.2, 0) is 11.3 Å². The predicted octanol–water partition coefficient (Wildman–Crippen LogP) is 4.06. The molecule has 0 saturated carbocycles. The van der Waals surface area contributed by atoms with Crippen molar-refractivity contribution in [1.82, 2.24) is 14.9 Å². The molecule has 4 rings (SSSR count). The Labute approximate surface area is 182 Å². The van der Waals surface area contributed by atoms with Crippen LogP contribution in [0.5, 0.6) is 0 Å². The number of amides is 1. The van der Waals surface area contributed by atoms with E-state index in [0.717, 1.165) is 35.5 Å². The molecule has 0 unspecified atom stereocenters. The summed E-state index contributed by atoms with van der Waals surface area (Å²) >= 11 is 0. The van der Waals surface area contributed by atoms with Gasteiger partial charge in [-0.15, -0.1) is 0 Å². The van der Waals surface area contributed by atoms with E-state index in [2.05, 4.69) is 26.9 Å². The van der Waals surface area contributed by atoms with E-state index in [1.54, 1.807) is 0 Å². The molecule has 7 nitrogen and oxygen atoms in total. The monoisotopic (exact) mass is 417 g/mol. The average Bonchev–Trinajstić information content (AvgIpc) is 3.32. The first-order chi connectivity index (χ1) is 14.8. The second-order valence-electron chi connectivity index (χ2n) is 8.87. The number of ether oxygens (including phenoxy) is 1. The largest absolute Gasteiger partial charge is 0.444 e. The smallest absolute Gasteiger partial charge is 0.407 e. The third kappa shape index (κ3) is 4.80. The van der Waals surface area contributed by atoms with Crippen molar-refractivity contribution in [3.8, 4) is 6.07 Å². The minimum Gasteiger partial charge on any atom is -0.444 e. The molecule has 0 aliphatic carbocycles. The molecule has 2 aromatic carbocycles. The summed E-state index contributed by atoms with van der Waals surface area (Å²) in [6.45, 7) is 7.71. The van der Waals surface area contributed by atoms with Crippen LogP contribution in [0.25, 0.3) is 11.0 Å². The highest BCUT2D eigenvalue weighted by atomic mass is 16.6. The average molecular weight is 418 g/mol. The van der Waals surface area contributed by atoms with Crippen LogP contribution in [0.15, 0.2) is 48.5 Å². The standard InChI is InChI=1S/C24H27N5O2/c1-24(2,3)31-23(30)26-19-12-13-28(16-19)22-27-20-6-4-5-7-21(20)29(22)15-18-10-8-17(14-25)9-11-18/h4-11,19H,12-13,15-16H2,1-3H3,(H,26,30)/t19-/m1/s1. The minimum atomic E-state index is -0.516. The molecule has 1 saturated heterocycles. The highest BCUT2D eigenvalue weighted by Gasteiger charge is 2.29. The summed E-state index contributed by atoms with van der Waals surface area (Å²) in [5.74, 6) is 0.888. The van der Waals surface area contributed by atoms with Gasteiger partial charge in [-0.1, -0.05) is 24.3 Å². The maximum absolute atomic E-state index is 12.2. The zero-order chi connectivity index (χ0) is 22.0. The van der Waals surface area contributed by atoms with Crippen LogP contribution in [0.3, 0.4) is 0 Å². The Kier molecular flexibility index (Phi) is 5.55. The maximum atomic E-state index is 12.2. The van der Waals surface area contributed by atoms with E-state index >= 15 is 0 Å². The van der Waals surface area contributed by atoms with E-state index in [9.17, 15) is 4.79 Å². The van der Waals surface area contributed by atoms with Crippen molar-refractivity contribution in [3.63, 3.8) is 0 Å². The van der Waals surface area contributed by atoms with Gasteiger partial charge in [-0.3, -0.25) is 0 Å². The Hall–Kier alpha value is -3.53. The lowest BCUT2D eigenvalue weighted by molar-refractivity contribution is 0.0509. The summed E-state index contributed by atoms with van der Waals surface area (Å²) in [5.41, 5.74) is 3.23. The molecule has 1 fully saturated rings. The molecular formula is C24H27N5O2. The Balaban J connectivity index is 1.55. The lowest BCUT2D eigenvalue weighted by atomic mass is 10.1. The quantitative estimate of drug-likeness (QED) is 0.692. The van der Waals surface area contributed by atoms with Crippen LogP contribution >= 0.6 is 0 Å². The summed E-state index contributed by atoms with van der Waals surface area (Å²) in [7, 11) is 0. The van der Waals surface area contributed by atoms with Crippen molar-refractivity contribution in [2.45, 2.75) is 45.4 Å². The number of nitrogens with zero attached hydrogens (tertiary/aromatic N) is 4. The summed E-state index contributed by atoms with van der Waals surface area (Å²) in [6, 6.07) is 17.9. The molecule has 2 heterocycles. The van der Waals surface area contributed by atoms with Crippen LogP contribution in [-0.4, -0.2) is 40.4 Å². The van der Waals surface area contributed by atoms with Gasteiger partial charge in [0.25, 0.3) is 0 Å².